The van der Waals surface area contributed by atoms with Crippen LogP contribution >= 0.6 is 0 Å². The lowest BCUT2D eigenvalue weighted by atomic mass is 9.99. The molecule has 2 aromatic rings. The van der Waals surface area contributed by atoms with Crippen molar-refractivity contribution in [2.45, 2.75) is 62.9 Å². The van der Waals surface area contributed by atoms with E-state index in [-0.39, 0.29) is 23.9 Å². The second-order valence-corrected chi connectivity index (χ2v) is 9.62. The van der Waals surface area contributed by atoms with Gasteiger partial charge in [-0.05, 0) is 55.3 Å². The SMILES string of the molecule is CC(C)(O)C(OC(=O)/C=C/c1ccc(O)c(O)c1)C(=O)OCc1ccc(O[C@@H]2O[C@H](CO)[C@@H](O)[C@H](O)[C@H]2O)cc1. The zero-order chi connectivity index (χ0) is 29.6. The topological polar surface area (TPSA) is 213 Å². The molecule has 1 heterocycles. The number of hydrogen-bond acceptors (Lipinski definition) is 13. The fourth-order valence-electron chi connectivity index (χ4n) is 3.64. The number of carbonyl (C=O) groups excluding carboxylic acids is 2. The van der Waals surface area contributed by atoms with Gasteiger partial charge in [0.25, 0.3) is 0 Å². The molecule has 0 saturated carbocycles. The van der Waals surface area contributed by atoms with E-state index in [1.54, 1.807) is 0 Å². The summed E-state index contributed by atoms with van der Waals surface area (Å²) in [5, 5.41) is 68.4. The number of phenolic OH excluding ortho intramolecular Hbond substituents is 2. The third kappa shape index (κ3) is 7.91. The number of esters is 2. The second kappa shape index (κ2) is 13.1. The number of rotatable bonds is 10. The van der Waals surface area contributed by atoms with Gasteiger partial charge in [0.15, 0.2) is 11.5 Å². The van der Waals surface area contributed by atoms with E-state index in [9.17, 15) is 45.3 Å². The number of hydrogen-bond donors (Lipinski definition) is 7. The molecule has 2 aromatic carbocycles. The first-order valence-corrected chi connectivity index (χ1v) is 12.2. The molecule has 1 fully saturated rings. The maximum atomic E-state index is 12.7. The van der Waals surface area contributed by atoms with Gasteiger partial charge in [0, 0.05) is 6.08 Å². The third-order valence-corrected chi connectivity index (χ3v) is 5.91. The Hall–Kier alpha value is -3.72. The number of aromatic hydroxyl groups is 2. The van der Waals surface area contributed by atoms with Gasteiger partial charge in [0.2, 0.25) is 12.4 Å². The summed E-state index contributed by atoms with van der Waals surface area (Å²) in [5.41, 5.74) is -0.934. The van der Waals surface area contributed by atoms with E-state index in [4.69, 9.17) is 18.9 Å². The van der Waals surface area contributed by atoms with Crippen LogP contribution in [0.2, 0.25) is 0 Å². The van der Waals surface area contributed by atoms with Crippen molar-refractivity contribution >= 4 is 18.0 Å². The van der Waals surface area contributed by atoms with Crippen molar-refractivity contribution in [1.29, 1.82) is 0 Å². The van der Waals surface area contributed by atoms with Crippen molar-refractivity contribution in [3.63, 3.8) is 0 Å². The molecule has 0 bridgehead atoms. The van der Waals surface area contributed by atoms with Crippen molar-refractivity contribution in [3.8, 4) is 17.2 Å². The molecule has 7 N–H and O–H groups in total. The van der Waals surface area contributed by atoms with Gasteiger partial charge in [-0.25, -0.2) is 9.59 Å². The molecule has 13 heteroatoms. The Kier molecular flexibility index (Phi) is 10.1. The van der Waals surface area contributed by atoms with E-state index >= 15 is 0 Å². The second-order valence-electron chi connectivity index (χ2n) is 9.62. The Labute approximate surface area is 229 Å². The number of benzene rings is 2. The van der Waals surface area contributed by atoms with Crippen molar-refractivity contribution in [1.82, 2.24) is 0 Å². The van der Waals surface area contributed by atoms with Gasteiger partial charge >= 0.3 is 11.9 Å². The Bertz CT molecular complexity index is 1190. The summed E-state index contributed by atoms with van der Waals surface area (Å²) >= 11 is 0. The van der Waals surface area contributed by atoms with Gasteiger partial charge in [0.1, 0.15) is 42.4 Å². The number of phenols is 2. The maximum Gasteiger partial charge on any atom is 0.350 e. The lowest BCUT2D eigenvalue weighted by Crippen LogP contribution is -2.60. The smallest absolute Gasteiger partial charge is 0.350 e. The molecule has 1 aliphatic heterocycles. The number of aliphatic hydroxyl groups is 5. The average Bonchev–Trinajstić information content (AvgIpc) is 2.91. The normalized spacial score (nSPS) is 23.9. The van der Waals surface area contributed by atoms with Crippen LogP contribution < -0.4 is 4.74 Å². The fourth-order valence-corrected chi connectivity index (χ4v) is 3.64. The number of carbonyl (C=O) groups is 2. The van der Waals surface area contributed by atoms with E-state index in [2.05, 4.69) is 0 Å². The Morgan fingerprint density at radius 2 is 1.68 bits per heavy atom. The van der Waals surface area contributed by atoms with Crippen LogP contribution in [0.1, 0.15) is 25.0 Å². The third-order valence-electron chi connectivity index (χ3n) is 5.91. The predicted molar refractivity (Wildman–Crippen MR) is 136 cm³/mol. The first-order valence-electron chi connectivity index (χ1n) is 12.2. The van der Waals surface area contributed by atoms with Crippen molar-refractivity contribution < 1.29 is 64.3 Å². The van der Waals surface area contributed by atoms with E-state index < -0.39 is 61.0 Å². The molecule has 1 saturated heterocycles. The Morgan fingerprint density at radius 3 is 2.27 bits per heavy atom. The molecule has 3 rings (SSSR count). The lowest BCUT2D eigenvalue weighted by molar-refractivity contribution is -0.277. The van der Waals surface area contributed by atoms with Crippen LogP contribution in [-0.4, -0.2) is 96.7 Å². The minimum atomic E-state index is -1.79. The monoisotopic (exact) mass is 564 g/mol. The van der Waals surface area contributed by atoms with Crippen LogP contribution in [0.4, 0.5) is 0 Å². The predicted octanol–water partition coefficient (Wildman–Crippen LogP) is -0.284. The molecule has 0 aliphatic carbocycles. The molecule has 0 spiro atoms. The molecule has 0 radical (unpaired) electrons. The highest BCUT2D eigenvalue weighted by atomic mass is 16.7. The van der Waals surface area contributed by atoms with Gasteiger partial charge in [-0.1, -0.05) is 18.2 Å². The standard InChI is InChI=1S/C27H32O13/c1-27(2,36)24(40-20(31)10-6-14-5-9-17(29)18(30)11-14)25(35)37-13-15-3-7-16(8-4-15)38-26-23(34)22(33)21(32)19(12-28)39-26/h3-11,19,21-24,26,28-30,32-34,36H,12-13H2,1-2H3/b10-6+/t19-,21-,22+,23-,24?,26-/m1/s1. The van der Waals surface area contributed by atoms with E-state index in [0.717, 1.165) is 6.08 Å². The summed E-state index contributed by atoms with van der Waals surface area (Å²) in [5.74, 6) is -2.50. The largest absolute Gasteiger partial charge is 0.504 e. The summed E-state index contributed by atoms with van der Waals surface area (Å²) in [4.78, 5) is 24.9. The molecule has 13 nitrogen and oxygen atoms in total. The van der Waals surface area contributed by atoms with Crippen LogP contribution in [-0.2, 0) is 30.4 Å². The van der Waals surface area contributed by atoms with Crippen molar-refractivity contribution in [2.75, 3.05) is 6.61 Å². The van der Waals surface area contributed by atoms with Gasteiger partial charge in [-0.15, -0.1) is 0 Å². The fraction of sp³-hybridized carbons (Fsp3) is 0.407. The van der Waals surface area contributed by atoms with Gasteiger partial charge in [0.05, 0.1) is 6.61 Å². The van der Waals surface area contributed by atoms with Crippen LogP contribution in [0.3, 0.4) is 0 Å². The van der Waals surface area contributed by atoms with Crippen molar-refractivity contribution in [2.24, 2.45) is 0 Å². The van der Waals surface area contributed by atoms with Crippen LogP contribution in [0.5, 0.6) is 17.2 Å². The zero-order valence-electron chi connectivity index (χ0n) is 21.7. The molecule has 1 unspecified atom stereocenters. The van der Waals surface area contributed by atoms with Gasteiger partial charge in [-0.2, -0.15) is 0 Å². The average molecular weight is 565 g/mol. The van der Waals surface area contributed by atoms with E-state index in [0.29, 0.717) is 11.1 Å². The number of ether oxygens (including phenoxy) is 4. The summed E-state index contributed by atoms with van der Waals surface area (Å²) in [6.07, 6.45) is -6.60. The summed E-state index contributed by atoms with van der Waals surface area (Å²) in [6.45, 7) is 1.67. The van der Waals surface area contributed by atoms with Crippen LogP contribution in [0.15, 0.2) is 48.5 Å². The van der Waals surface area contributed by atoms with E-state index in [1.807, 2.05) is 0 Å². The highest BCUT2D eigenvalue weighted by molar-refractivity contribution is 5.89. The summed E-state index contributed by atoms with van der Waals surface area (Å²) < 4.78 is 21.1. The quantitative estimate of drug-likeness (QED) is 0.112. The lowest BCUT2D eigenvalue weighted by Gasteiger charge is -2.39. The van der Waals surface area contributed by atoms with Gasteiger partial charge < -0.3 is 54.7 Å². The summed E-state index contributed by atoms with van der Waals surface area (Å²) in [7, 11) is 0. The van der Waals surface area contributed by atoms with Gasteiger partial charge in [-0.3, -0.25) is 0 Å². The molecular weight excluding hydrogens is 532 g/mol. The molecule has 218 valence electrons. The van der Waals surface area contributed by atoms with E-state index in [1.165, 1.54) is 62.4 Å². The molecule has 1 aliphatic rings. The van der Waals surface area contributed by atoms with Crippen LogP contribution in [0, 0.1) is 0 Å². The highest BCUT2D eigenvalue weighted by Gasteiger charge is 2.44. The van der Waals surface area contributed by atoms with Crippen LogP contribution in [0.25, 0.3) is 6.08 Å². The minimum Gasteiger partial charge on any atom is -0.504 e. The Morgan fingerprint density at radius 1 is 1.00 bits per heavy atom. The summed E-state index contributed by atoms with van der Waals surface area (Å²) in [6, 6.07) is 9.84. The first kappa shape index (κ1) is 30.8. The molecule has 0 aromatic heterocycles. The zero-order valence-corrected chi connectivity index (χ0v) is 21.7. The molecular formula is C27H32O13. The minimum absolute atomic E-state index is 0.205. The molecule has 40 heavy (non-hydrogen) atoms. The number of aliphatic hydroxyl groups excluding tert-OH is 4. The van der Waals surface area contributed by atoms with Crippen molar-refractivity contribution in [3.05, 3.63) is 59.7 Å². The maximum absolute atomic E-state index is 12.7. The molecule has 6 atom stereocenters. The Balaban J connectivity index is 1.57. The highest BCUT2D eigenvalue weighted by Crippen LogP contribution is 2.26. The first-order chi connectivity index (χ1) is 18.8. The molecule has 0 amide bonds.